The van der Waals surface area contributed by atoms with Gasteiger partial charge in [0.2, 0.25) is 5.91 Å². The molecule has 0 aromatic heterocycles. The summed E-state index contributed by atoms with van der Waals surface area (Å²) >= 11 is 1.52. The van der Waals surface area contributed by atoms with Crippen LogP contribution in [0.15, 0.2) is 0 Å². The molecule has 0 aliphatic heterocycles. The van der Waals surface area contributed by atoms with Crippen LogP contribution in [0, 0.1) is 0 Å². The highest BCUT2D eigenvalue weighted by Crippen LogP contribution is 2.09. The first-order valence-electron chi connectivity index (χ1n) is 5.57. The van der Waals surface area contributed by atoms with Crippen molar-refractivity contribution in [1.82, 2.24) is 5.32 Å². The van der Waals surface area contributed by atoms with Crippen molar-refractivity contribution in [1.29, 1.82) is 0 Å². The number of carboxylic acids is 1. The van der Waals surface area contributed by atoms with Gasteiger partial charge in [0.25, 0.3) is 0 Å². The number of carboxylic acid groups (broad SMARTS) is 1. The lowest BCUT2D eigenvalue weighted by Crippen LogP contribution is -2.42. The van der Waals surface area contributed by atoms with Gasteiger partial charge in [0, 0.05) is 25.1 Å². The van der Waals surface area contributed by atoms with E-state index in [2.05, 4.69) is 5.32 Å². The number of hydrogen-bond acceptors (Lipinski definition) is 4. The maximum atomic E-state index is 11.4. The molecular formula is C11H21NO4S. The van der Waals surface area contributed by atoms with Crippen LogP contribution >= 0.6 is 11.8 Å². The minimum atomic E-state index is -0.893. The van der Waals surface area contributed by atoms with Gasteiger partial charge in [-0.25, -0.2) is 0 Å². The smallest absolute Gasteiger partial charge is 0.303 e. The SMILES string of the molecule is CSCC(C)(O)CNC(=O)CCCCC(=O)O. The quantitative estimate of drug-likeness (QED) is 0.537. The zero-order valence-corrected chi connectivity index (χ0v) is 11.2. The van der Waals surface area contributed by atoms with E-state index in [0.717, 1.165) is 0 Å². The van der Waals surface area contributed by atoms with Crippen molar-refractivity contribution in [3.63, 3.8) is 0 Å². The summed E-state index contributed by atoms with van der Waals surface area (Å²) in [6, 6.07) is 0. The fourth-order valence-electron chi connectivity index (χ4n) is 1.30. The van der Waals surface area contributed by atoms with E-state index in [1.165, 1.54) is 11.8 Å². The Hall–Kier alpha value is -0.750. The molecule has 0 aromatic carbocycles. The molecule has 0 bridgehead atoms. The third-order valence-electron chi connectivity index (χ3n) is 2.17. The van der Waals surface area contributed by atoms with E-state index in [-0.39, 0.29) is 18.9 Å². The van der Waals surface area contributed by atoms with Crippen LogP contribution in [0.3, 0.4) is 0 Å². The van der Waals surface area contributed by atoms with Crippen molar-refractivity contribution in [3.05, 3.63) is 0 Å². The van der Waals surface area contributed by atoms with Crippen LogP contribution < -0.4 is 5.32 Å². The van der Waals surface area contributed by atoms with Crippen molar-refractivity contribution < 1.29 is 19.8 Å². The minimum Gasteiger partial charge on any atom is -0.481 e. The largest absolute Gasteiger partial charge is 0.481 e. The lowest BCUT2D eigenvalue weighted by molar-refractivity contribution is -0.137. The molecule has 100 valence electrons. The highest BCUT2D eigenvalue weighted by Gasteiger charge is 2.20. The minimum absolute atomic E-state index is 0.0947. The second-order valence-electron chi connectivity index (χ2n) is 4.31. The van der Waals surface area contributed by atoms with Gasteiger partial charge < -0.3 is 15.5 Å². The summed E-state index contributed by atoms with van der Waals surface area (Å²) in [5.41, 5.74) is -0.893. The Morgan fingerprint density at radius 3 is 2.41 bits per heavy atom. The number of aliphatic hydroxyl groups is 1. The summed E-state index contributed by atoms with van der Waals surface area (Å²) in [6.45, 7) is 1.90. The molecule has 1 amide bonds. The maximum absolute atomic E-state index is 11.4. The second-order valence-corrected chi connectivity index (χ2v) is 5.17. The first kappa shape index (κ1) is 16.2. The molecule has 0 fully saturated rings. The summed E-state index contributed by atoms with van der Waals surface area (Å²) in [6.07, 6.45) is 3.36. The molecule has 0 aliphatic rings. The predicted molar refractivity (Wildman–Crippen MR) is 68.1 cm³/mol. The van der Waals surface area contributed by atoms with E-state index in [1.807, 2.05) is 6.26 Å². The van der Waals surface area contributed by atoms with Crippen LogP contribution in [0.4, 0.5) is 0 Å². The molecule has 0 aliphatic carbocycles. The first-order valence-corrected chi connectivity index (χ1v) is 6.96. The third-order valence-corrected chi connectivity index (χ3v) is 3.08. The number of aliphatic carboxylic acids is 1. The predicted octanol–water partition coefficient (Wildman–Crippen LogP) is 0.862. The molecule has 0 saturated carbocycles. The van der Waals surface area contributed by atoms with E-state index < -0.39 is 11.6 Å². The molecule has 6 heteroatoms. The number of carbonyl (C=O) groups is 2. The van der Waals surface area contributed by atoms with Crippen LogP contribution in [0.1, 0.15) is 32.6 Å². The number of unbranched alkanes of at least 4 members (excludes halogenated alkanes) is 1. The Labute approximate surface area is 106 Å². The van der Waals surface area contributed by atoms with Crippen LogP contribution in [-0.2, 0) is 9.59 Å². The Balaban J connectivity index is 3.62. The summed E-state index contributed by atoms with van der Waals surface area (Å²) in [4.78, 5) is 21.6. The average molecular weight is 263 g/mol. The Morgan fingerprint density at radius 2 is 1.88 bits per heavy atom. The van der Waals surface area contributed by atoms with Crippen molar-refractivity contribution >= 4 is 23.6 Å². The highest BCUT2D eigenvalue weighted by molar-refractivity contribution is 7.98. The summed E-state index contributed by atoms with van der Waals surface area (Å²) < 4.78 is 0. The van der Waals surface area contributed by atoms with Gasteiger partial charge >= 0.3 is 5.97 Å². The van der Waals surface area contributed by atoms with Gasteiger partial charge in [0.05, 0.1) is 5.60 Å². The number of amides is 1. The third kappa shape index (κ3) is 10.1. The van der Waals surface area contributed by atoms with Gasteiger partial charge in [0.1, 0.15) is 0 Å². The first-order chi connectivity index (χ1) is 7.87. The molecule has 0 saturated heterocycles. The van der Waals surface area contributed by atoms with Gasteiger partial charge in [-0.1, -0.05) is 0 Å². The maximum Gasteiger partial charge on any atom is 0.303 e. The molecule has 17 heavy (non-hydrogen) atoms. The van der Waals surface area contributed by atoms with Gasteiger partial charge in [-0.05, 0) is 26.0 Å². The van der Waals surface area contributed by atoms with E-state index in [1.54, 1.807) is 6.92 Å². The molecule has 0 heterocycles. The molecule has 0 rings (SSSR count). The average Bonchev–Trinajstić information content (AvgIpc) is 2.21. The number of carbonyl (C=O) groups excluding carboxylic acids is 1. The lowest BCUT2D eigenvalue weighted by atomic mass is 10.1. The van der Waals surface area contributed by atoms with Crippen LogP contribution in [0.25, 0.3) is 0 Å². The van der Waals surface area contributed by atoms with Gasteiger partial charge in [-0.2, -0.15) is 11.8 Å². The van der Waals surface area contributed by atoms with Crippen molar-refractivity contribution in [2.45, 2.75) is 38.2 Å². The molecule has 3 N–H and O–H groups in total. The fourth-order valence-corrected chi connectivity index (χ4v) is 2.03. The van der Waals surface area contributed by atoms with Gasteiger partial charge in [0.15, 0.2) is 0 Å². The van der Waals surface area contributed by atoms with Crippen LogP contribution in [0.5, 0.6) is 0 Å². The molecule has 1 atom stereocenters. The summed E-state index contributed by atoms with van der Waals surface area (Å²) in [5, 5.41) is 20.9. The normalized spacial score (nSPS) is 14.1. The summed E-state index contributed by atoms with van der Waals surface area (Å²) in [7, 11) is 0. The van der Waals surface area contributed by atoms with Crippen molar-refractivity contribution in [3.8, 4) is 0 Å². The molecule has 5 nitrogen and oxygen atoms in total. The molecule has 0 radical (unpaired) electrons. The van der Waals surface area contributed by atoms with E-state index in [9.17, 15) is 14.7 Å². The lowest BCUT2D eigenvalue weighted by Gasteiger charge is -2.22. The number of thioether (sulfide) groups is 1. The Morgan fingerprint density at radius 1 is 1.29 bits per heavy atom. The highest BCUT2D eigenvalue weighted by atomic mass is 32.2. The van der Waals surface area contributed by atoms with Gasteiger partial charge in [-0.15, -0.1) is 0 Å². The van der Waals surface area contributed by atoms with Crippen LogP contribution in [-0.4, -0.2) is 46.2 Å². The van der Waals surface area contributed by atoms with E-state index in [0.29, 0.717) is 25.0 Å². The second kappa shape index (κ2) is 8.36. The zero-order chi connectivity index (χ0) is 13.3. The van der Waals surface area contributed by atoms with Crippen molar-refractivity contribution in [2.75, 3.05) is 18.6 Å². The fraction of sp³-hybridized carbons (Fsp3) is 0.818. The van der Waals surface area contributed by atoms with E-state index in [4.69, 9.17) is 5.11 Å². The standard InChI is InChI=1S/C11H21NO4S/c1-11(16,8-17-2)7-12-9(13)5-3-4-6-10(14)15/h16H,3-8H2,1-2H3,(H,12,13)(H,14,15). The molecule has 1 unspecified atom stereocenters. The zero-order valence-electron chi connectivity index (χ0n) is 10.4. The van der Waals surface area contributed by atoms with Crippen LogP contribution in [0.2, 0.25) is 0 Å². The molecular weight excluding hydrogens is 242 g/mol. The molecule has 0 spiro atoms. The number of nitrogens with one attached hydrogen (secondary N) is 1. The summed E-state index contributed by atoms with van der Waals surface area (Å²) in [5.74, 6) is -0.420. The van der Waals surface area contributed by atoms with Gasteiger partial charge in [-0.3, -0.25) is 9.59 Å². The number of hydrogen-bond donors (Lipinski definition) is 3. The Kier molecular flexibility index (Phi) is 7.99. The Bertz CT molecular complexity index is 256. The topological polar surface area (TPSA) is 86.6 Å². The monoisotopic (exact) mass is 263 g/mol. The van der Waals surface area contributed by atoms with Crippen molar-refractivity contribution in [2.24, 2.45) is 0 Å². The number of rotatable bonds is 9. The van der Waals surface area contributed by atoms with E-state index >= 15 is 0 Å². The molecule has 0 aromatic rings.